The molecule has 1 rings (SSSR count). The minimum atomic E-state index is -3.47. The molecule has 0 spiro atoms. The summed E-state index contributed by atoms with van der Waals surface area (Å²) in [6.07, 6.45) is 1.79. The minimum absolute atomic E-state index is 0.0349. The topological polar surface area (TPSA) is 49.4 Å². The smallest absolute Gasteiger partial charge is 0.243 e. The van der Waals surface area contributed by atoms with Crippen LogP contribution in [0.25, 0.3) is 0 Å². The lowest BCUT2D eigenvalue weighted by Crippen LogP contribution is -2.34. The summed E-state index contributed by atoms with van der Waals surface area (Å²) in [5.41, 5.74) is 0.809. The number of hydrogen-bond donors (Lipinski definition) is 1. The molecule has 120 valence electrons. The molecule has 0 saturated heterocycles. The average Bonchev–Trinajstić information content (AvgIpc) is 2.47. The maximum Gasteiger partial charge on any atom is 0.243 e. The van der Waals surface area contributed by atoms with Gasteiger partial charge in [0, 0.05) is 24.7 Å². The van der Waals surface area contributed by atoms with Gasteiger partial charge in [0.15, 0.2) is 0 Å². The Morgan fingerprint density at radius 2 is 2.00 bits per heavy atom. The lowest BCUT2D eigenvalue weighted by molar-refractivity contribution is 0.380. The summed E-state index contributed by atoms with van der Waals surface area (Å²) in [5.74, 6) is 0. The van der Waals surface area contributed by atoms with Gasteiger partial charge in [0.2, 0.25) is 10.0 Å². The van der Waals surface area contributed by atoms with Crippen molar-refractivity contribution in [3.8, 4) is 0 Å². The van der Waals surface area contributed by atoms with Crippen LogP contribution in [-0.2, 0) is 16.6 Å². The molecule has 1 aromatic carbocycles. The Bertz CT molecular complexity index is 561. The Hall–Kier alpha value is -0.620. The predicted octanol–water partition coefficient (Wildman–Crippen LogP) is 3.26. The molecule has 1 N–H and O–H groups in total. The van der Waals surface area contributed by atoms with Crippen LogP contribution in [0.4, 0.5) is 0 Å². The fourth-order valence-corrected chi connectivity index (χ4v) is 3.58. The van der Waals surface area contributed by atoms with Crippen LogP contribution in [0.1, 0.15) is 39.2 Å². The van der Waals surface area contributed by atoms with Crippen molar-refractivity contribution in [2.75, 3.05) is 13.6 Å². The van der Waals surface area contributed by atoms with E-state index in [9.17, 15) is 8.42 Å². The average molecular weight is 333 g/mol. The summed E-state index contributed by atoms with van der Waals surface area (Å²) in [5, 5.41) is 3.83. The van der Waals surface area contributed by atoms with Crippen LogP contribution in [0.3, 0.4) is 0 Å². The molecular weight excluding hydrogens is 308 g/mol. The first kappa shape index (κ1) is 18.4. The zero-order valence-corrected chi connectivity index (χ0v) is 14.8. The highest BCUT2D eigenvalue weighted by molar-refractivity contribution is 7.89. The molecule has 21 heavy (non-hydrogen) atoms. The number of benzene rings is 1. The van der Waals surface area contributed by atoms with Crippen molar-refractivity contribution in [3.05, 3.63) is 28.8 Å². The standard InChI is InChI=1S/C15H25ClN2O2S/c1-5-9-17-11-13-10-14(7-8-15(13)16)21(19,20)18(4)12(3)6-2/h7-8,10,12,17H,5-6,9,11H2,1-4H3. The molecule has 0 heterocycles. The zero-order valence-electron chi connectivity index (χ0n) is 13.2. The highest BCUT2D eigenvalue weighted by Crippen LogP contribution is 2.23. The van der Waals surface area contributed by atoms with Gasteiger partial charge in [-0.15, -0.1) is 0 Å². The Kier molecular flexibility index (Phi) is 7.13. The van der Waals surface area contributed by atoms with E-state index in [-0.39, 0.29) is 6.04 Å². The highest BCUT2D eigenvalue weighted by atomic mass is 35.5. The third-order valence-electron chi connectivity index (χ3n) is 3.65. The highest BCUT2D eigenvalue weighted by Gasteiger charge is 2.24. The molecule has 6 heteroatoms. The van der Waals surface area contributed by atoms with E-state index in [0.717, 1.165) is 24.9 Å². The monoisotopic (exact) mass is 332 g/mol. The van der Waals surface area contributed by atoms with Crippen LogP contribution in [0.15, 0.2) is 23.1 Å². The summed E-state index contributed by atoms with van der Waals surface area (Å²) in [6, 6.07) is 4.85. The van der Waals surface area contributed by atoms with E-state index in [1.54, 1.807) is 25.2 Å². The van der Waals surface area contributed by atoms with Gasteiger partial charge in [-0.1, -0.05) is 25.4 Å². The molecule has 1 atom stereocenters. The second-order valence-corrected chi connectivity index (χ2v) is 7.61. The second-order valence-electron chi connectivity index (χ2n) is 5.21. The Morgan fingerprint density at radius 1 is 1.33 bits per heavy atom. The number of rotatable bonds is 8. The third-order valence-corrected chi connectivity index (χ3v) is 5.98. The van der Waals surface area contributed by atoms with E-state index in [1.165, 1.54) is 4.31 Å². The molecule has 0 amide bonds. The van der Waals surface area contributed by atoms with Crippen molar-refractivity contribution in [1.82, 2.24) is 9.62 Å². The molecule has 0 aliphatic heterocycles. The Labute approximate surface area is 133 Å². The van der Waals surface area contributed by atoms with Gasteiger partial charge in [0.05, 0.1) is 4.90 Å². The third kappa shape index (κ3) is 4.68. The number of sulfonamides is 1. The van der Waals surface area contributed by atoms with Gasteiger partial charge >= 0.3 is 0 Å². The number of halogens is 1. The summed E-state index contributed by atoms with van der Waals surface area (Å²) >= 11 is 6.15. The van der Waals surface area contributed by atoms with Gasteiger partial charge < -0.3 is 5.32 Å². The Balaban J connectivity index is 3.05. The van der Waals surface area contributed by atoms with E-state index in [2.05, 4.69) is 12.2 Å². The molecule has 1 unspecified atom stereocenters. The first-order valence-electron chi connectivity index (χ1n) is 7.31. The maximum atomic E-state index is 12.6. The largest absolute Gasteiger partial charge is 0.313 e. The molecule has 0 fully saturated rings. The van der Waals surface area contributed by atoms with Gasteiger partial charge in [-0.25, -0.2) is 8.42 Å². The quantitative estimate of drug-likeness (QED) is 0.743. The van der Waals surface area contributed by atoms with E-state index in [4.69, 9.17) is 11.6 Å². The van der Waals surface area contributed by atoms with Gasteiger partial charge in [0.1, 0.15) is 0 Å². The van der Waals surface area contributed by atoms with Gasteiger partial charge in [-0.05, 0) is 50.1 Å². The zero-order chi connectivity index (χ0) is 16.0. The first-order chi connectivity index (χ1) is 9.84. The molecule has 0 aliphatic rings. The van der Waals surface area contributed by atoms with Crippen molar-refractivity contribution in [1.29, 1.82) is 0 Å². The SMILES string of the molecule is CCCNCc1cc(S(=O)(=O)N(C)C(C)CC)ccc1Cl. The lowest BCUT2D eigenvalue weighted by atomic mass is 10.2. The molecule has 0 saturated carbocycles. The maximum absolute atomic E-state index is 12.6. The molecule has 0 aromatic heterocycles. The summed E-state index contributed by atoms with van der Waals surface area (Å²) in [6.45, 7) is 7.40. The number of nitrogens with zero attached hydrogens (tertiary/aromatic N) is 1. The lowest BCUT2D eigenvalue weighted by Gasteiger charge is -2.23. The van der Waals surface area contributed by atoms with E-state index < -0.39 is 10.0 Å². The molecule has 4 nitrogen and oxygen atoms in total. The van der Waals surface area contributed by atoms with Gasteiger partial charge in [0.25, 0.3) is 0 Å². The van der Waals surface area contributed by atoms with Crippen molar-refractivity contribution in [3.63, 3.8) is 0 Å². The van der Waals surface area contributed by atoms with E-state index >= 15 is 0 Å². The predicted molar refractivity (Wildman–Crippen MR) is 88.2 cm³/mol. The summed E-state index contributed by atoms with van der Waals surface area (Å²) in [7, 11) is -1.86. The normalized spacial score (nSPS) is 13.6. The molecular formula is C15H25ClN2O2S. The number of hydrogen-bond acceptors (Lipinski definition) is 3. The van der Waals surface area contributed by atoms with Crippen molar-refractivity contribution in [2.45, 2.75) is 51.1 Å². The minimum Gasteiger partial charge on any atom is -0.313 e. The molecule has 0 bridgehead atoms. The number of nitrogens with one attached hydrogen (secondary N) is 1. The Morgan fingerprint density at radius 3 is 2.57 bits per heavy atom. The summed E-state index contributed by atoms with van der Waals surface area (Å²) in [4.78, 5) is 0.294. The van der Waals surface area contributed by atoms with Crippen LogP contribution in [-0.4, -0.2) is 32.4 Å². The fourth-order valence-electron chi connectivity index (χ4n) is 1.91. The van der Waals surface area contributed by atoms with Crippen LogP contribution < -0.4 is 5.32 Å². The molecule has 0 radical (unpaired) electrons. The summed E-state index contributed by atoms with van der Waals surface area (Å²) < 4.78 is 26.6. The fraction of sp³-hybridized carbons (Fsp3) is 0.600. The van der Waals surface area contributed by atoms with Crippen LogP contribution in [0.5, 0.6) is 0 Å². The van der Waals surface area contributed by atoms with Crippen molar-refractivity contribution >= 4 is 21.6 Å². The van der Waals surface area contributed by atoms with Crippen LogP contribution in [0.2, 0.25) is 5.02 Å². The van der Waals surface area contributed by atoms with Crippen molar-refractivity contribution in [2.24, 2.45) is 0 Å². The van der Waals surface area contributed by atoms with E-state index in [1.807, 2.05) is 13.8 Å². The molecule has 1 aromatic rings. The second kappa shape index (κ2) is 8.13. The van der Waals surface area contributed by atoms with Gasteiger partial charge in [-0.2, -0.15) is 4.31 Å². The van der Waals surface area contributed by atoms with Crippen molar-refractivity contribution < 1.29 is 8.42 Å². The van der Waals surface area contributed by atoms with Crippen LogP contribution in [0, 0.1) is 0 Å². The molecule has 0 aliphatic carbocycles. The van der Waals surface area contributed by atoms with E-state index in [0.29, 0.717) is 16.5 Å². The first-order valence-corrected chi connectivity index (χ1v) is 9.13. The van der Waals surface area contributed by atoms with Gasteiger partial charge in [-0.3, -0.25) is 0 Å². The van der Waals surface area contributed by atoms with Crippen LogP contribution >= 0.6 is 11.6 Å².